The second kappa shape index (κ2) is 5.32. The quantitative estimate of drug-likeness (QED) is 0.900. The fourth-order valence-corrected chi connectivity index (χ4v) is 2.97. The molecule has 0 spiro atoms. The molecule has 0 saturated heterocycles. The molecule has 2 atom stereocenters. The molecule has 2 nitrogen and oxygen atoms in total. The fourth-order valence-electron chi connectivity index (χ4n) is 2.84. The maximum absolute atomic E-state index is 10.6. The van der Waals surface area contributed by atoms with Gasteiger partial charge in [0.05, 0.1) is 6.10 Å². The summed E-state index contributed by atoms with van der Waals surface area (Å²) in [6, 6.07) is 11.5. The number of hydrogen-bond donors (Lipinski definition) is 1. The number of hydrogen-bond acceptors (Lipinski definition) is 2. The third-order valence-electron chi connectivity index (χ3n) is 3.83. The number of aryl methyl sites for hydroxylation is 1. The first kappa shape index (κ1) is 12.6. The Hall–Kier alpha value is -1.38. The Morgan fingerprint density at radius 2 is 2.00 bits per heavy atom. The van der Waals surface area contributed by atoms with Gasteiger partial charge in [-0.3, -0.25) is 4.98 Å². The summed E-state index contributed by atoms with van der Waals surface area (Å²) in [5, 5.41) is 11.3. The third kappa shape index (κ3) is 2.51. The van der Waals surface area contributed by atoms with Crippen LogP contribution in [0.15, 0.2) is 42.6 Å². The number of nitrogens with zero attached hydrogens (tertiary/aromatic N) is 1. The van der Waals surface area contributed by atoms with E-state index in [1.54, 1.807) is 0 Å². The van der Waals surface area contributed by atoms with Crippen LogP contribution in [0.3, 0.4) is 0 Å². The van der Waals surface area contributed by atoms with Gasteiger partial charge in [-0.05, 0) is 48.6 Å². The summed E-state index contributed by atoms with van der Waals surface area (Å²) in [5.41, 5.74) is 3.23. The van der Waals surface area contributed by atoms with Crippen molar-refractivity contribution >= 4 is 11.6 Å². The van der Waals surface area contributed by atoms with Crippen LogP contribution in [0.2, 0.25) is 5.02 Å². The van der Waals surface area contributed by atoms with Crippen LogP contribution >= 0.6 is 11.6 Å². The lowest BCUT2D eigenvalue weighted by Gasteiger charge is -2.28. The molecular formula is C16H16ClNO. The zero-order chi connectivity index (χ0) is 13.2. The second-order valence-electron chi connectivity index (χ2n) is 5.04. The van der Waals surface area contributed by atoms with E-state index in [2.05, 4.69) is 11.1 Å². The molecule has 1 heterocycles. The van der Waals surface area contributed by atoms with Crippen LogP contribution in [-0.4, -0.2) is 10.1 Å². The molecule has 2 aromatic rings. The van der Waals surface area contributed by atoms with Gasteiger partial charge in [-0.2, -0.15) is 0 Å². The molecule has 0 saturated carbocycles. The summed E-state index contributed by atoms with van der Waals surface area (Å²) < 4.78 is 0. The van der Waals surface area contributed by atoms with Crippen LogP contribution < -0.4 is 0 Å². The number of aliphatic hydroxyl groups excluding tert-OH is 1. The first-order chi connectivity index (χ1) is 9.25. The summed E-state index contributed by atoms with van der Waals surface area (Å²) >= 11 is 5.89. The summed E-state index contributed by atoms with van der Waals surface area (Å²) in [6.45, 7) is 0. The number of pyridine rings is 1. The summed E-state index contributed by atoms with van der Waals surface area (Å²) in [4.78, 5) is 4.48. The summed E-state index contributed by atoms with van der Waals surface area (Å²) in [5.74, 6) is 0.0890. The molecule has 2 unspecified atom stereocenters. The van der Waals surface area contributed by atoms with E-state index in [0.29, 0.717) is 5.02 Å². The normalized spacial score (nSPS) is 19.8. The highest BCUT2D eigenvalue weighted by molar-refractivity contribution is 6.30. The minimum absolute atomic E-state index is 0.0890. The molecule has 1 aliphatic rings. The first-order valence-corrected chi connectivity index (χ1v) is 7.01. The fraction of sp³-hybridized carbons (Fsp3) is 0.312. The monoisotopic (exact) mass is 273 g/mol. The van der Waals surface area contributed by atoms with Gasteiger partial charge in [0, 0.05) is 22.8 Å². The van der Waals surface area contributed by atoms with Crippen molar-refractivity contribution in [2.24, 2.45) is 0 Å². The van der Waals surface area contributed by atoms with Crippen molar-refractivity contribution in [3.63, 3.8) is 0 Å². The highest BCUT2D eigenvalue weighted by Gasteiger charge is 2.28. The van der Waals surface area contributed by atoms with Crippen molar-refractivity contribution < 1.29 is 5.11 Å². The van der Waals surface area contributed by atoms with Crippen molar-refractivity contribution in [3.05, 3.63) is 64.4 Å². The molecule has 19 heavy (non-hydrogen) atoms. The van der Waals surface area contributed by atoms with Gasteiger partial charge in [0.25, 0.3) is 0 Å². The van der Waals surface area contributed by atoms with E-state index in [1.165, 1.54) is 5.56 Å². The minimum atomic E-state index is -0.508. The van der Waals surface area contributed by atoms with E-state index >= 15 is 0 Å². The van der Waals surface area contributed by atoms with Gasteiger partial charge in [0.15, 0.2) is 0 Å². The van der Waals surface area contributed by atoms with Crippen molar-refractivity contribution in [2.75, 3.05) is 0 Å². The lowest BCUT2D eigenvalue weighted by molar-refractivity contribution is 0.134. The Kier molecular flexibility index (Phi) is 3.54. The first-order valence-electron chi connectivity index (χ1n) is 6.63. The maximum Gasteiger partial charge on any atom is 0.0873 e. The van der Waals surface area contributed by atoms with Crippen molar-refractivity contribution in [1.29, 1.82) is 0 Å². The molecule has 1 aromatic carbocycles. The predicted octanol–water partition coefficient (Wildman–Crippen LogP) is 3.89. The minimum Gasteiger partial charge on any atom is -0.388 e. The Bertz CT molecular complexity index is 567. The number of halogens is 1. The third-order valence-corrected chi connectivity index (χ3v) is 4.08. The Morgan fingerprint density at radius 3 is 2.79 bits per heavy atom. The van der Waals surface area contributed by atoms with Gasteiger partial charge in [-0.25, -0.2) is 0 Å². The van der Waals surface area contributed by atoms with Crippen molar-refractivity contribution in [3.8, 4) is 0 Å². The average molecular weight is 274 g/mol. The van der Waals surface area contributed by atoms with E-state index in [9.17, 15) is 5.11 Å². The van der Waals surface area contributed by atoms with Crippen LogP contribution in [0.4, 0.5) is 0 Å². The van der Waals surface area contributed by atoms with Crippen molar-refractivity contribution in [2.45, 2.75) is 31.3 Å². The Labute approximate surface area is 118 Å². The number of fused-ring (bicyclic) bond motifs is 1. The average Bonchev–Trinajstić information content (AvgIpc) is 2.47. The second-order valence-corrected chi connectivity index (χ2v) is 5.48. The summed E-state index contributed by atoms with van der Waals surface area (Å²) in [7, 11) is 0. The molecule has 3 heteroatoms. The van der Waals surface area contributed by atoms with Gasteiger partial charge < -0.3 is 5.11 Å². The zero-order valence-corrected chi connectivity index (χ0v) is 11.3. The standard InChI is InChI=1S/C16H16ClNO/c17-13-8-6-12(7-9-13)16(19)14-5-1-3-11-4-2-10-18-15(11)14/h2,4,6-10,14,16,19H,1,3,5H2. The van der Waals surface area contributed by atoms with E-state index < -0.39 is 6.10 Å². The highest BCUT2D eigenvalue weighted by Crippen LogP contribution is 2.39. The smallest absolute Gasteiger partial charge is 0.0873 e. The van der Waals surface area contributed by atoms with Crippen LogP contribution in [0.25, 0.3) is 0 Å². The van der Waals surface area contributed by atoms with Crippen LogP contribution in [0.1, 0.15) is 41.7 Å². The van der Waals surface area contributed by atoms with E-state index in [0.717, 1.165) is 30.5 Å². The number of aliphatic hydroxyl groups is 1. The van der Waals surface area contributed by atoms with E-state index in [4.69, 9.17) is 11.6 Å². The molecule has 0 radical (unpaired) electrons. The van der Waals surface area contributed by atoms with Crippen LogP contribution in [-0.2, 0) is 6.42 Å². The molecule has 1 N–H and O–H groups in total. The van der Waals surface area contributed by atoms with Gasteiger partial charge in [-0.15, -0.1) is 0 Å². The number of aromatic nitrogens is 1. The molecule has 3 rings (SSSR count). The molecule has 98 valence electrons. The molecule has 0 aliphatic heterocycles. The van der Waals surface area contributed by atoms with Crippen molar-refractivity contribution in [1.82, 2.24) is 4.98 Å². The number of rotatable bonds is 2. The lowest BCUT2D eigenvalue weighted by atomic mass is 9.81. The molecule has 0 amide bonds. The Morgan fingerprint density at radius 1 is 1.21 bits per heavy atom. The largest absolute Gasteiger partial charge is 0.388 e. The van der Waals surface area contributed by atoms with Gasteiger partial charge >= 0.3 is 0 Å². The van der Waals surface area contributed by atoms with Gasteiger partial charge in [0.2, 0.25) is 0 Å². The van der Waals surface area contributed by atoms with E-state index in [-0.39, 0.29) is 5.92 Å². The summed E-state index contributed by atoms with van der Waals surface area (Å²) in [6.07, 6.45) is 4.45. The SMILES string of the molecule is OC(c1ccc(Cl)cc1)C1CCCc2cccnc21. The Balaban J connectivity index is 1.92. The molecule has 0 bridgehead atoms. The van der Waals surface area contributed by atoms with Crippen LogP contribution in [0.5, 0.6) is 0 Å². The highest BCUT2D eigenvalue weighted by atomic mass is 35.5. The molecule has 1 aliphatic carbocycles. The topological polar surface area (TPSA) is 33.1 Å². The molecular weight excluding hydrogens is 258 g/mol. The zero-order valence-electron chi connectivity index (χ0n) is 10.6. The van der Waals surface area contributed by atoms with Gasteiger partial charge in [-0.1, -0.05) is 29.8 Å². The van der Waals surface area contributed by atoms with E-state index in [1.807, 2.05) is 36.5 Å². The van der Waals surface area contributed by atoms with Crippen LogP contribution in [0, 0.1) is 0 Å². The number of benzene rings is 1. The maximum atomic E-state index is 10.6. The lowest BCUT2D eigenvalue weighted by Crippen LogP contribution is -2.18. The molecule has 1 aromatic heterocycles. The predicted molar refractivity (Wildman–Crippen MR) is 76.3 cm³/mol. The molecule has 0 fully saturated rings. The van der Waals surface area contributed by atoms with Gasteiger partial charge in [0.1, 0.15) is 0 Å².